The first-order valence-electron chi connectivity index (χ1n) is 18.0. The molecule has 0 saturated heterocycles. The summed E-state index contributed by atoms with van der Waals surface area (Å²) < 4.78 is 0. The Labute approximate surface area is 349 Å². The third-order valence-corrected chi connectivity index (χ3v) is 12.4. The molecule has 8 nitrogen and oxygen atoms in total. The van der Waals surface area contributed by atoms with Crippen molar-refractivity contribution in [2.75, 3.05) is 17.2 Å². The van der Waals surface area contributed by atoms with Crippen LogP contribution in [0.1, 0.15) is 48.3 Å². The van der Waals surface area contributed by atoms with Crippen LogP contribution < -0.4 is 16.0 Å². The van der Waals surface area contributed by atoms with Gasteiger partial charge in [-0.1, -0.05) is 120 Å². The number of benzene rings is 5. The second kappa shape index (κ2) is 18.5. The Bertz CT molecular complexity index is 2490. The zero-order valence-corrected chi connectivity index (χ0v) is 33.5. The minimum Gasteiger partial charge on any atom is -0.321 e. The fourth-order valence-corrected chi connectivity index (χ4v) is 9.12. The highest BCUT2D eigenvalue weighted by atomic mass is 35.5. The zero-order valence-electron chi connectivity index (χ0n) is 30.4. The van der Waals surface area contributed by atoms with Crippen molar-refractivity contribution >= 4 is 80.8 Å². The molecule has 2 heterocycles. The van der Waals surface area contributed by atoms with E-state index in [2.05, 4.69) is 39.1 Å². The lowest BCUT2D eigenvalue weighted by Crippen LogP contribution is -2.30. The van der Waals surface area contributed by atoms with Crippen molar-refractivity contribution in [3.63, 3.8) is 0 Å². The summed E-state index contributed by atoms with van der Waals surface area (Å²) in [5, 5.41) is 19.3. The molecule has 6 aromatic rings. The average Bonchev–Trinajstić information content (AvgIpc) is 3.58. The van der Waals surface area contributed by atoms with Gasteiger partial charge in [-0.3, -0.25) is 19.3 Å². The largest absolute Gasteiger partial charge is 0.321 e. The van der Waals surface area contributed by atoms with E-state index in [1.807, 2.05) is 54.6 Å². The molecule has 1 aliphatic heterocycles. The summed E-state index contributed by atoms with van der Waals surface area (Å²) in [5.74, 6) is -1.35. The number of thiophene rings is 1. The van der Waals surface area contributed by atoms with Crippen LogP contribution in [0.4, 0.5) is 10.7 Å². The Balaban J connectivity index is 1.10. The molecule has 1 atom stereocenters. The standard InChI is InChI=1S/C45H35Cl2N5O3S2/c46-37-21-10-18-32(40(37)47)24-38(50-42(53)31-16-8-3-9-17-31)43(54)49-33-19-11-20-34(25-33)56-41(30-14-6-2-7-15-30)44(55)51-45-36(26-48)35-22-23-52(28-39(35)57-45)27-29-12-4-1-5-13-29/h1-21,24-25,41H,22-23,27-28H2,(H,49,54)(H,50,53)(H,51,55)/b38-24+. The molecule has 7 rings (SSSR count). The van der Waals surface area contributed by atoms with Gasteiger partial charge < -0.3 is 16.0 Å². The van der Waals surface area contributed by atoms with Crippen molar-refractivity contribution < 1.29 is 14.4 Å². The van der Waals surface area contributed by atoms with E-state index in [1.54, 1.807) is 66.7 Å². The van der Waals surface area contributed by atoms with Crippen LogP contribution in [0.5, 0.6) is 0 Å². The van der Waals surface area contributed by atoms with Crippen molar-refractivity contribution in [3.05, 3.63) is 187 Å². The summed E-state index contributed by atoms with van der Waals surface area (Å²) in [5.41, 5.74) is 4.72. The van der Waals surface area contributed by atoms with Crippen LogP contribution in [0.15, 0.2) is 144 Å². The number of carbonyl (C=O) groups is 3. The molecule has 0 bridgehead atoms. The maximum Gasteiger partial charge on any atom is 0.272 e. The predicted octanol–water partition coefficient (Wildman–Crippen LogP) is 10.4. The lowest BCUT2D eigenvalue weighted by atomic mass is 10.0. The number of carbonyl (C=O) groups excluding carboxylic acids is 3. The minimum atomic E-state index is -0.692. The second-order valence-corrected chi connectivity index (χ2v) is 16.2. The molecule has 3 amide bonds. The molecule has 284 valence electrons. The monoisotopic (exact) mass is 827 g/mol. The Morgan fingerprint density at radius 2 is 1.56 bits per heavy atom. The van der Waals surface area contributed by atoms with E-state index >= 15 is 0 Å². The van der Waals surface area contributed by atoms with Gasteiger partial charge in [-0.05, 0) is 71.1 Å². The fraction of sp³-hybridized carbons (Fsp3) is 0.111. The Hall–Kier alpha value is -5.67. The average molecular weight is 829 g/mol. The predicted molar refractivity (Wildman–Crippen MR) is 230 cm³/mol. The summed E-state index contributed by atoms with van der Waals surface area (Å²) in [4.78, 5) is 45.4. The maximum atomic E-state index is 14.2. The van der Waals surface area contributed by atoms with Crippen molar-refractivity contribution in [3.8, 4) is 6.07 Å². The summed E-state index contributed by atoms with van der Waals surface area (Å²) in [7, 11) is 0. The highest BCUT2D eigenvalue weighted by Crippen LogP contribution is 2.41. The van der Waals surface area contributed by atoms with E-state index < -0.39 is 17.1 Å². The Morgan fingerprint density at radius 3 is 2.30 bits per heavy atom. The van der Waals surface area contributed by atoms with E-state index in [0.29, 0.717) is 43.8 Å². The summed E-state index contributed by atoms with van der Waals surface area (Å²) >= 11 is 15.5. The molecular weight excluding hydrogens is 794 g/mol. The zero-order chi connectivity index (χ0) is 39.7. The molecule has 1 unspecified atom stereocenters. The molecule has 3 N–H and O–H groups in total. The number of amides is 3. The van der Waals surface area contributed by atoms with Gasteiger partial charge >= 0.3 is 0 Å². The number of fused-ring (bicyclic) bond motifs is 1. The van der Waals surface area contributed by atoms with Crippen LogP contribution in [0.25, 0.3) is 6.08 Å². The van der Waals surface area contributed by atoms with Crippen LogP contribution in [-0.2, 0) is 29.1 Å². The van der Waals surface area contributed by atoms with E-state index in [-0.39, 0.29) is 16.6 Å². The molecule has 0 spiro atoms. The number of thioether (sulfide) groups is 1. The molecular formula is C45H35Cl2N5O3S2. The molecule has 0 fully saturated rings. The van der Waals surface area contributed by atoms with Crippen LogP contribution in [0.3, 0.4) is 0 Å². The van der Waals surface area contributed by atoms with Gasteiger partial charge in [-0.25, -0.2) is 0 Å². The number of rotatable bonds is 12. The van der Waals surface area contributed by atoms with Crippen molar-refractivity contribution in [1.29, 1.82) is 5.26 Å². The number of hydrogen-bond donors (Lipinski definition) is 3. The lowest BCUT2D eigenvalue weighted by Gasteiger charge is -2.26. The van der Waals surface area contributed by atoms with E-state index in [1.165, 1.54) is 34.7 Å². The van der Waals surface area contributed by atoms with Gasteiger partial charge in [0.2, 0.25) is 5.91 Å². The minimum absolute atomic E-state index is 0.0530. The van der Waals surface area contributed by atoms with Gasteiger partial charge in [0.15, 0.2) is 0 Å². The molecule has 0 radical (unpaired) electrons. The van der Waals surface area contributed by atoms with E-state index in [9.17, 15) is 19.6 Å². The first-order valence-corrected chi connectivity index (χ1v) is 20.5. The Morgan fingerprint density at radius 1 is 0.860 bits per heavy atom. The smallest absolute Gasteiger partial charge is 0.272 e. The molecule has 57 heavy (non-hydrogen) atoms. The Kier molecular flexibility index (Phi) is 12.9. The number of halogens is 2. The maximum absolute atomic E-state index is 14.2. The topological polar surface area (TPSA) is 114 Å². The van der Waals surface area contributed by atoms with Crippen LogP contribution in [0, 0.1) is 11.3 Å². The second-order valence-electron chi connectivity index (χ2n) is 13.2. The molecule has 1 aliphatic rings. The number of hydrogen-bond acceptors (Lipinski definition) is 7. The van der Waals surface area contributed by atoms with Gasteiger partial charge in [-0.2, -0.15) is 5.26 Å². The first kappa shape index (κ1) is 39.6. The normalized spacial score (nSPS) is 13.2. The highest BCUT2D eigenvalue weighted by molar-refractivity contribution is 8.00. The first-order chi connectivity index (χ1) is 27.7. The van der Waals surface area contributed by atoms with Crippen LogP contribution >= 0.6 is 46.3 Å². The van der Waals surface area contributed by atoms with Crippen LogP contribution in [0.2, 0.25) is 10.0 Å². The third-order valence-electron chi connectivity index (χ3n) is 9.23. The highest BCUT2D eigenvalue weighted by Gasteiger charge is 2.29. The number of anilines is 2. The molecule has 5 aromatic carbocycles. The quantitative estimate of drug-likeness (QED) is 0.0836. The van der Waals surface area contributed by atoms with Crippen molar-refractivity contribution in [2.45, 2.75) is 29.7 Å². The van der Waals surface area contributed by atoms with Gasteiger partial charge in [-0.15, -0.1) is 23.1 Å². The van der Waals surface area contributed by atoms with Gasteiger partial charge in [0.05, 0.1) is 15.6 Å². The van der Waals surface area contributed by atoms with E-state index in [4.69, 9.17) is 23.2 Å². The van der Waals surface area contributed by atoms with Crippen molar-refractivity contribution in [1.82, 2.24) is 10.2 Å². The summed E-state index contributed by atoms with van der Waals surface area (Å²) in [6, 6.07) is 42.8. The third kappa shape index (κ3) is 9.84. The summed E-state index contributed by atoms with van der Waals surface area (Å²) in [6.45, 7) is 2.33. The van der Waals surface area contributed by atoms with Crippen molar-refractivity contribution in [2.24, 2.45) is 0 Å². The molecule has 0 aliphatic carbocycles. The van der Waals surface area contributed by atoms with Gasteiger partial charge in [0.1, 0.15) is 22.0 Å². The molecule has 12 heteroatoms. The SMILES string of the molecule is N#Cc1c(NC(=O)C(Sc2cccc(NC(=O)/C(=C\c3cccc(Cl)c3Cl)NC(=O)c3ccccc3)c2)c2ccccc2)sc2c1CCN(Cc1ccccc1)C2. The molecule has 1 aromatic heterocycles. The van der Waals surface area contributed by atoms with E-state index in [0.717, 1.165) is 35.5 Å². The lowest BCUT2D eigenvalue weighted by molar-refractivity contribution is -0.116. The summed E-state index contributed by atoms with van der Waals surface area (Å²) in [6.07, 6.45) is 2.20. The van der Waals surface area contributed by atoms with Gasteiger partial charge in [0.25, 0.3) is 11.8 Å². The molecule has 0 saturated carbocycles. The number of nitrogens with one attached hydrogen (secondary N) is 3. The number of nitriles is 1. The number of nitrogens with zero attached hydrogens (tertiary/aromatic N) is 2. The fourth-order valence-electron chi connectivity index (χ4n) is 6.43. The van der Waals surface area contributed by atoms with Crippen LogP contribution in [-0.4, -0.2) is 29.2 Å². The van der Waals surface area contributed by atoms with Gasteiger partial charge in [0, 0.05) is 40.7 Å².